The fraction of sp³-hybridized carbons (Fsp3) is 0.250. The number of nitrogens with zero attached hydrogens (tertiary/aromatic N) is 3. The van der Waals surface area contributed by atoms with Crippen LogP contribution in [-0.4, -0.2) is 37.0 Å². The van der Waals surface area contributed by atoms with E-state index < -0.39 is 0 Å². The lowest BCUT2D eigenvalue weighted by Crippen LogP contribution is -2.48. The number of hydrogen-bond acceptors (Lipinski definition) is 4. The van der Waals surface area contributed by atoms with Crippen molar-refractivity contribution in [1.82, 2.24) is 4.90 Å². The Morgan fingerprint density at radius 3 is 2.38 bits per heavy atom. The summed E-state index contributed by atoms with van der Waals surface area (Å²) in [4.78, 5) is 17.2. The number of anilines is 1. The zero-order valence-corrected chi connectivity index (χ0v) is 12.3. The number of rotatable bonds is 2. The summed E-state index contributed by atoms with van der Waals surface area (Å²) in [6.07, 6.45) is 0. The Kier molecular flexibility index (Phi) is 3.89. The number of carbonyl (C=O) groups excluding carboxylic acids is 1. The van der Waals surface area contributed by atoms with Crippen LogP contribution >= 0.6 is 11.3 Å². The maximum absolute atomic E-state index is 12.3. The van der Waals surface area contributed by atoms with Gasteiger partial charge in [0.25, 0.3) is 5.91 Å². The molecule has 0 unspecified atom stereocenters. The van der Waals surface area contributed by atoms with Gasteiger partial charge in [-0.2, -0.15) is 5.26 Å². The highest BCUT2D eigenvalue weighted by molar-refractivity contribution is 7.12. The van der Waals surface area contributed by atoms with E-state index in [2.05, 4.69) is 11.0 Å². The van der Waals surface area contributed by atoms with Crippen molar-refractivity contribution in [3.8, 4) is 6.07 Å². The molecule has 1 saturated heterocycles. The van der Waals surface area contributed by atoms with E-state index in [9.17, 15) is 4.79 Å². The van der Waals surface area contributed by atoms with Crippen molar-refractivity contribution >= 4 is 22.9 Å². The fourth-order valence-corrected chi connectivity index (χ4v) is 3.16. The molecule has 0 N–H and O–H groups in total. The predicted octanol–water partition coefficient (Wildman–Crippen LogP) is 2.58. The van der Waals surface area contributed by atoms with Gasteiger partial charge in [0.05, 0.1) is 16.5 Å². The van der Waals surface area contributed by atoms with Crippen LogP contribution in [0.2, 0.25) is 0 Å². The molecule has 2 aromatic rings. The molecule has 0 radical (unpaired) electrons. The summed E-state index contributed by atoms with van der Waals surface area (Å²) in [7, 11) is 0. The summed E-state index contributed by atoms with van der Waals surface area (Å²) in [5.74, 6) is 0.129. The first-order valence-corrected chi connectivity index (χ1v) is 7.74. The van der Waals surface area contributed by atoms with Crippen molar-refractivity contribution in [2.75, 3.05) is 31.1 Å². The third kappa shape index (κ3) is 2.91. The molecule has 0 aliphatic carbocycles. The van der Waals surface area contributed by atoms with E-state index in [0.717, 1.165) is 36.7 Å². The molecule has 0 atom stereocenters. The quantitative estimate of drug-likeness (QED) is 0.856. The minimum Gasteiger partial charge on any atom is -0.368 e. The van der Waals surface area contributed by atoms with Gasteiger partial charge in [-0.25, -0.2) is 0 Å². The van der Waals surface area contributed by atoms with Crippen LogP contribution in [-0.2, 0) is 0 Å². The van der Waals surface area contributed by atoms with Crippen molar-refractivity contribution in [3.05, 3.63) is 52.2 Å². The number of nitriles is 1. The van der Waals surface area contributed by atoms with Crippen molar-refractivity contribution in [2.45, 2.75) is 0 Å². The van der Waals surface area contributed by atoms with Crippen molar-refractivity contribution < 1.29 is 4.79 Å². The third-order valence-electron chi connectivity index (χ3n) is 3.66. The highest BCUT2D eigenvalue weighted by atomic mass is 32.1. The monoisotopic (exact) mass is 297 g/mol. The van der Waals surface area contributed by atoms with Crippen molar-refractivity contribution in [3.63, 3.8) is 0 Å². The molecule has 21 heavy (non-hydrogen) atoms. The Labute approximate surface area is 127 Å². The van der Waals surface area contributed by atoms with Crippen LogP contribution in [0.5, 0.6) is 0 Å². The van der Waals surface area contributed by atoms with Crippen LogP contribution in [0.1, 0.15) is 15.2 Å². The van der Waals surface area contributed by atoms with E-state index >= 15 is 0 Å². The molecular formula is C16H15N3OS. The topological polar surface area (TPSA) is 47.3 Å². The lowest BCUT2D eigenvalue weighted by Gasteiger charge is -2.36. The zero-order valence-electron chi connectivity index (χ0n) is 11.5. The molecule has 1 fully saturated rings. The minimum absolute atomic E-state index is 0.129. The van der Waals surface area contributed by atoms with Crippen LogP contribution in [0.25, 0.3) is 0 Å². The molecule has 1 aromatic heterocycles. The summed E-state index contributed by atoms with van der Waals surface area (Å²) in [6.45, 7) is 3.11. The van der Waals surface area contributed by atoms with Gasteiger partial charge in [0, 0.05) is 31.9 Å². The largest absolute Gasteiger partial charge is 0.368 e. The first kappa shape index (κ1) is 13.7. The van der Waals surface area contributed by atoms with E-state index in [0.29, 0.717) is 5.56 Å². The number of hydrogen-bond donors (Lipinski definition) is 0. The molecule has 106 valence electrons. The number of piperazine rings is 1. The van der Waals surface area contributed by atoms with Crippen LogP contribution in [0.4, 0.5) is 5.69 Å². The third-order valence-corrected chi connectivity index (χ3v) is 4.52. The molecule has 1 aliphatic heterocycles. The molecule has 1 aromatic carbocycles. The molecular weight excluding hydrogens is 282 g/mol. The minimum atomic E-state index is 0.129. The number of thiophene rings is 1. The Morgan fingerprint density at radius 1 is 1.10 bits per heavy atom. The molecule has 5 heteroatoms. The highest BCUT2D eigenvalue weighted by Crippen LogP contribution is 2.19. The molecule has 3 rings (SSSR count). The first-order chi connectivity index (χ1) is 10.3. The predicted molar refractivity (Wildman–Crippen MR) is 83.6 cm³/mol. The van der Waals surface area contributed by atoms with Gasteiger partial charge < -0.3 is 9.80 Å². The Hall–Kier alpha value is -2.32. The lowest BCUT2D eigenvalue weighted by atomic mass is 10.2. The van der Waals surface area contributed by atoms with Gasteiger partial charge >= 0.3 is 0 Å². The normalized spacial score (nSPS) is 14.8. The van der Waals surface area contributed by atoms with Gasteiger partial charge in [0.1, 0.15) is 0 Å². The number of carbonyl (C=O) groups is 1. The first-order valence-electron chi connectivity index (χ1n) is 6.86. The summed E-state index contributed by atoms with van der Waals surface area (Å²) in [5, 5.41) is 10.7. The van der Waals surface area contributed by atoms with E-state index in [1.54, 1.807) is 0 Å². The second-order valence-electron chi connectivity index (χ2n) is 4.92. The Bertz CT molecular complexity index is 650. The lowest BCUT2D eigenvalue weighted by molar-refractivity contribution is 0.0751. The second-order valence-corrected chi connectivity index (χ2v) is 5.86. The van der Waals surface area contributed by atoms with Gasteiger partial charge in [-0.3, -0.25) is 4.79 Å². The highest BCUT2D eigenvalue weighted by Gasteiger charge is 2.22. The van der Waals surface area contributed by atoms with E-state index in [1.165, 1.54) is 11.3 Å². The average Bonchev–Trinajstić information content (AvgIpc) is 3.09. The van der Waals surface area contributed by atoms with Gasteiger partial charge in [-0.05, 0) is 35.7 Å². The smallest absolute Gasteiger partial charge is 0.264 e. The van der Waals surface area contributed by atoms with Gasteiger partial charge in [0.15, 0.2) is 0 Å². The van der Waals surface area contributed by atoms with Crippen LogP contribution < -0.4 is 4.90 Å². The Morgan fingerprint density at radius 2 is 1.81 bits per heavy atom. The maximum Gasteiger partial charge on any atom is 0.264 e. The molecule has 1 amide bonds. The summed E-state index contributed by atoms with van der Waals surface area (Å²) < 4.78 is 0. The van der Waals surface area contributed by atoms with Gasteiger partial charge in [-0.15, -0.1) is 11.3 Å². The van der Waals surface area contributed by atoms with Crippen LogP contribution in [0.15, 0.2) is 41.8 Å². The second kappa shape index (κ2) is 5.98. The summed E-state index contributed by atoms with van der Waals surface area (Å²) >= 11 is 1.49. The molecule has 0 saturated carbocycles. The van der Waals surface area contributed by atoms with E-state index in [1.807, 2.05) is 46.7 Å². The maximum atomic E-state index is 12.3. The van der Waals surface area contributed by atoms with Gasteiger partial charge in [0.2, 0.25) is 0 Å². The standard InChI is InChI=1S/C16H15N3OS/c17-12-13-3-5-14(6-4-13)18-7-9-19(10-8-18)16(20)15-2-1-11-21-15/h1-6,11H,7-10H2. The Balaban J connectivity index is 1.62. The van der Waals surface area contributed by atoms with Crippen LogP contribution in [0.3, 0.4) is 0 Å². The van der Waals surface area contributed by atoms with E-state index in [-0.39, 0.29) is 5.91 Å². The van der Waals surface area contributed by atoms with E-state index in [4.69, 9.17) is 5.26 Å². The average molecular weight is 297 g/mol. The zero-order chi connectivity index (χ0) is 14.7. The summed E-state index contributed by atoms with van der Waals surface area (Å²) in [5.41, 5.74) is 1.78. The molecule has 0 bridgehead atoms. The molecule has 2 heterocycles. The van der Waals surface area contributed by atoms with Crippen molar-refractivity contribution in [2.24, 2.45) is 0 Å². The van der Waals surface area contributed by atoms with Crippen molar-refractivity contribution in [1.29, 1.82) is 5.26 Å². The molecule has 1 aliphatic rings. The molecule has 0 spiro atoms. The van der Waals surface area contributed by atoms with Gasteiger partial charge in [-0.1, -0.05) is 6.07 Å². The molecule has 4 nitrogen and oxygen atoms in total. The fourth-order valence-electron chi connectivity index (χ4n) is 2.47. The number of amides is 1. The SMILES string of the molecule is N#Cc1ccc(N2CCN(C(=O)c3cccs3)CC2)cc1. The summed E-state index contributed by atoms with van der Waals surface area (Å²) in [6, 6.07) is 13.5. The number of benzene rings is 1. The van der Waals surface area contributed by atoms with Crippen LogP contribution in [0, 0.1) is 11.3 Å².